The molecule has 2 aliphatic heterocycles. The zero-order chi connectivity index (χ0) is 26.2. The molecule has 10 heteroatoms. The van der Waals surface area contributed by atoms with E-state index in [1.807, 2.05) is 42.5 Å². The van der Waals surface area contributed by atoms with Crippen LogP contribution in [0.25, 0.3) is 0 Å². The number of hydrazone groups is 1. The van der Waals surface area contributed by atoms with Crippen LogP contribution in [0.5, 0.6) is 11.5 Å². The molecule has 0 atom stereocenters. The predicted molar refractivity (Wildman–Crippen MR) is 152 cm³/mol. The van der Waals surface area contributed by atoms with Crippen LogP contribution >= 0.6 is 11.6 Å². The van der Waals surface area contributed by atoms with Crippen LogP contribution in [0.1, 0.15) is 49.7 Å². The molecule has 200 valence electrons. The quantitative estimate of drug-likeness (QED) is 0.282. The molecule has 5 rings (SSSR count). The maximum absolute atomic E-state index is 5.97. The zero-order valence-corrected chi connectivity index (χ0v) is 22.5. The molecule has 0 unspecified atom stereocenters. The van der Waals surface area contributed by atoms with E-state index in [0.29, 0.717) is 29.1 Å². The molecule has 0 aliphatic carbocycles. The van der Waals surface area contributed by atoms with E-state index in [1.165, 1.54) is 12.8 Å². The van der Waals surface area contributed by atoms with Crippen LogP contribution in [-0.4, -0.2) is 54.5 Å². The first-order valence-corrected chi connectivity index (χ1v) is 13.7. The SMILES string of the molecule is COc1cc(/C=N\Nc2nc(N3CCCCC3)nc(N3CCCCC3)n2)ccc1OCc1ccc(Cl)cc1. The molecule has 1 aromatic heterocycles. The van der Waals surface area contributed by atoms with Gasteiger partial charge in [-0.2, -0.15) is 20.1 Å². The summed E-state index contributed by atoms with van der Waals surface area (Å²) in [6.45, 7) is 4.30. The molecule has 0 bridgehead atoms. The number of methoxy groups -OCH3 is 1. The number of halogens is 1. The van der Waals surface area contributed by atoms with Crippen molar-refractivity contribution in [1.29, 1.82) is 0 Å². The lowest BCUT2D eigenvalue weighted by Crippen LogP contribution is -2.34. The van der Waals surface area contributed by atoms with Gasteiger partial charge in [0.15, 0.2) is 11.5 Å². The van der Waals surface area contributed by atoms with Crippen molar-refractivity contribution >= 4 is 35.7 Å². The Morgan fingerprint density at radius 3 is 2.08 bits per heavy atom. The van der Waals surface area contributed by atoms with Crippen LogP contribution in [0, 0.1) is 0 Å². The summed E-state index contributed by atoms with van der Waals surface area (Å²) in [6, 6.07) is 13.3. The van der Waals surface area contributed by atoms with Crippen LogP contribution in [0.4, 0.5) is 17.8 Å². The third kappa shape index (κ3) is 6.83. The summed E-state index contributed by atoms with van der Waals surface area (Å²) >= 11 is 5.97. The van der Waals surface area contributed by atoms with Gasteiger partial charge in [0.05, 0.1) is 13.3 Å². The number of rotatable bonds is 9. The molecule has 0 radical (unpaired) electrons. The Labute approximate surface area is 228 Å². The van der Waals surface area contributed by atoms with Gasteiger partial charge < -0.3 is 19.3 Å². The number of anilines is 3. The van der Waals surface area contributed by atoms with Gasteiger partial charge in [-0.25, -0.2) is 5.43 Å². The molecular weight excluding hydrogens is 502 g/mol. The summed E-state index contributed by atoms with van der Waals surface area (Å²) in [4.78, 5) is 18.7. The molecule has 2 fully saturated rings. The highest BCUT2D eigenvalue weighted by Gasteiger charge is 2.20. The fourth-order valence-corrected chi connectivity index (χ4v) is 4.79. The largest absolute Gasteiger partial charge is 0.493 e. The molecule has 1 N–H and O–H groups in total. The molecule has 9 nitrogen and oxygen atoms in total. The summed E-state index contributed by atoms with van der Waals surface area (Å²) < 4.78 is 11.5. The average Bonchev–Trinajstić information content (AvgIpc) is 2.98. The summed E-state index contributed by atoms with van der Waals surface area (Å²) in [5.74, 6) is 3.18. The average molecular weight is 536 g/mol. The molecule has 3 heterocycles. The Kier molecular flexibility index (Phi) is 8.75. The van der Waals surface area contributed by atoms with Crippen LogP contribution in [0.3, 0.4) is 0 Å². The zero-order valence-electron chi connectivity index (χ0n) is 21.8. The van der Waals surface area contributed by atoms with E-state index < -0.39 is 0 Å². The second-order valence-corrected chi connectivity index (χ2v) is 9.99. The van der Waals surface area contributed by atoms with E-state index in [4.69, 9.17) is 26.1 Å². The van der Waals surface area contributed by atoms with Crippen LogP contribution in [-0.2, 0) is 6.61 Å². The first-order chi connectivity index (χ1) is 18.7. The minimum absolute atomic E-state index is 0.417. The van der Waals surface area contributed by atoms with Crippen molar-refractivity contribution < 1.29 is 9.47 Å². The highest BCUT2D eigenvalue weighted by Crippen LogP contribution is 2.29. The number of nitrogens with zero attached hydrogens (tertiary/aromatic N) is 6. The second kappa shape index (κ2) is 12.8. The maximum Gasteiger partial charge on any atom is 0.250 e. The molecule has 38 heavy (non-hydrogen) atoms. The number of aromatic nitrogens is 3. The first kappa shape index (κ1) is 26.0. The van der Waals surface area contributed by atoms with E-state index >= 15 is 0 Å². The van der Waals surface area contributed by atoms with E-state index in [2.05, 4.69) is 30.3 Å². The Morgan fingerprint density at radius 1 is 0.842 bits per heavy atom. The minimum atomic E-state index is 0.417. The number of hydrogen-bond acceptors (Lipinski definition) is 9. The Hall–Kier alpha value is -3.59. The fraction of sp³-hybridized carbons (Fsp3) is 0.429. The predicted octanol–water partition coefficient (Wildman–Crippen LogP) is 5.54. The monoisotopic (exact) mass is 535 g/mol. The van der Waals surface area contributed by atoms with Crippen LogP contribution < -0.4 is 24.7 Å². The highest BCUT2D eigenvalue weighted by molar-refractivity contribution is 6.30. The number of benzene rings is 2. The number of piperidine rings is 2. The van der Waals surface area contributed by atoms with Crippen molar-refractivity contribution in [2.75, 3.05) is 48.5 Å². The van der Waals surface area contributed by atoms with E-state index in [9.17, 15) is 0 Å². The summed E-state index contributed by atoms with van der Waals surface area (Å²) in [6.07, 6.45) is 8.87. The summed E-state index contributed by atoms with van der Waals surface area (Å²) in [5, 5.41) is 5.12. The summed E-state index contributed by atoms with van der Waals surface area (Å²) in [7, 11) is 1.62. The molecule has 2 aliphatic rings. The van der Waals surface area contributed by atoms with Crippen molar-refractivity contribution in [2.45, 2.75) is 45.1 Å². The van der Waals surface area contributed by atoms with Gasteiger partial charge in [-0.05, 0) is 80.0 Å². The van der Waals surface area contributed by atoms with Crippen molar-refractivity contribution in [3.63, 3.8) is 0 Å². The van der Waals surface area contributed by atoms with Crippen LogP contribution in [0.15, 0.2) is 47.6 Å². The molecule has 0 amide bonds. The Morgan fingerprint density at radius 2 is 1.47 bits per heavy atom. The van der Waals surface area contributed by atoms with Crippen molar-refractivity contribution in [3.05, 3.63) is 58.6 Å². The fourth-order valence-electron chi connectivity index (χ4n) is 4.66. The van der Waals surface area contributed by atoms with Crippen molar-refractivity contribution in [2.24, 2.45) is 5.10 Å². The molecule has 0 spiro atoms. The maximum atomic E-state index is 5.97. The van der Waals surface area contributed by atoms with E-state index in [0.717, 1.165) is 74.9 Å². The second-order valence-electron chi connectivity index (χ2n) is 9.55. The van der Waals surface area contributed by atoms with Crippen LogP contribution in [0.2, 0.25) is 5.02 Å². The minimum Gasteiger partial charge on any atom is -0.493 e. The van der Waals surface area contributed by atoms with E-state index in [1.54, 1.807) is 13.3 Å². The van der Waals surface area contributed by atoms with E-state index in [-0.39, 0.29) is 0 Å². The topological polar surface area (TPSA) is 88.0 Å². The van der Waals surface area contributed by atoms with Gasteiger partial charge in [0, 0.05) is 31.2 Å². The van der Waals surface area contributed by atoms with Gasteiger partial charge >= 0.3 is 0 Å². The van der Waals surface area contributed by atoms with Gasteiger partial charge in [-0.3, -0.25) is 0 Å². The number of nitrogens with one attached hydrogen (secondary N) is 1. The molecule has 3 aromatic rings. The van der Waals surface area contributed by atoms with Gasteiger partial charge in [0.1, 0.15) is 6.61 Å². The standard InChI is InChI=1S/C28H34ClN7O2/c1-37-25-18-22(10-13-24(25)38-20-21-8-11-23(29)12-9-21)19-30-34-26-31-27(35-14-4-2-5-15-35)33-28(32-26)36-16-6-3-7-17-36/h8-13,18-19H,2-7,14-17,20H2,1H3,(H,31,32,33,34)/b30-19-. The lowest BCUT2D eigenvalue weighted by Gasteiger charge is -2.30. The van der Waals surface area contributed by atoms with Gasteiger partial charge in [-0.15, -0.1) is 0 Å². The first-order valence-electron chi connectivity index (χ1n) is 13.3. The smallest absolute Gasteiger partial charge is 0.250 e. The van der Waals surface area contributed by atoms with Gasteiger partial charge in [0.2, 0.25) is 17.8 Å². The highest BCUT2D eigenvalue weighted by atomic mass is 35.5. The van der Waals surface area contributed by atoms with Gasteiger partial charge in [0.25, 0.3) is 0 Å². The molecule has 0 saturated carbocycles. The number of hydrogen-bond donors (Lipinski definition) is 1. The Bertz CT molecular complexity index is 1190. The lowest BCUT2D eigenvalue weighted by molar-refractivity contribution is 0.284. The van der Waals surface area contributed by atoms with Crippen molar-refractivity contribution in [3.8, 4) is 11.5 Å². The number of ether oxygens (including phenoxy) is 2. The Balaban J connectivity index is 1.28. The third-order valence-electron chi connectivity index (χ3n) is 6.76. The molecule has 2 aromatic carbocycles. The van der Waals surface area contributed by atoms with Crippen molar-refractivity contribution in [1.82, 2.24) is 15.0 Å². The lowest BCUT2D eigenvalue weighted by atomic mass is 10.1. The normalized spacial score (nSPS) is 16.1. The molecule has 2 saturated heterocycles. The third-order valence-corrected chi connectivity index (χ3v) is 7.02. The summed E-state index contributed by atoms with van der Waals surface area (Å²) in [5.41, 5.74) is 4.91. The van der Waals surface area contributed by atoms with Gasteiger partial charge in [-0.1, -0.05) is 23.7 Å². The molecular formula is C28H34ClN7O2.